The maximum Gasteiger partial charge on any atom is 2.00 e. The minimum Gasteiger partial charge on any atom is -0.554 e. The van der Waals surface area contributed by atoms with Crippen LogP contribution in [0.15, 0.2) is 0 Å². The molecule has 1 radical (unpaired) electrons. The zero-order valence-electron chi connectivity index (χ0n) is 3.05. The van der Waals surface area contributed by atoms with Gasteiger partial charge < -0.3 is 19.8 Å². The van der Waals surface area contributed by atoms with Gasteiger partial charge in [0.1, 0.15) is 0 Å². The number of carbonyl (C=O) groups excluding carboxylic acids is 2. The Morgan fingerprint density at radius 1 is 1.00 bits per heavy atom. The molecule has 0 aliphatic rings. The van der Waals surface area contributed by atoms with E-state index in [2.05, 4.69) is 0 Å². The molecular weight excluding hydrogens is 263 g/mol. The van der Waals surface area contributed by atoms with Crippen LogP contribution in [-0.4, -0.2) is 12.9 Å². The van der Waals surface area contributed by atoms with Crippen molar-refractivity contribution in [3.8, 4) is 0 Å². The number of carboxylic acid groups (broad SMARTS) is 2. The summed E-state index contributed by atoms with van der Waals surface area (Å²) >= 11 is 0. The zero-order chi connectivity index (χ0) is 5.41. The van der Waals surface area contributed by atoms with Crippen LogP contribution in [0.2, 0.25) is 0 Å². The summed E-state index contributed by atoms with van der Waals surface area (Å²) in [5, 5.41) is 16.5. The molecule has 0 heterocycles. The topological polar surface area (TPSA) is 80.3 Å². The van der Waals surface area contributed by atoms with E-state index in [0.29, 0.717) is 0 Å². The fourth-order valence-electron chi connectivity index (χ4n) is 0. The Kier molecular flexibility index (Phi) is 78.4. The molecule has 0 spiro atoms. The fraction of sp³-hybridized carbons (Fsp3) is 0. The zero-order valence-corrected chi connectivity index (χ0v) is 4.70. The van der Waals surface area contributed by atoms with Gasteiger partial charge in [0.2, 0.25) is 0 Å². The van der Waals surface area contributed by atoms with Gasteiger partial charge in [-0.25, -0.2) is 0 Å². The van der Waals surface area contributed by atoms with Gasteiger partial charge in [0, 0.05) is 12.9 Å². The third-order valence-corrected chi connectivity index (χ3v) is 0. The molecule has 0 bridgehead atoms. The molecule has 0 saturated carbocycles. The van der Waals surface area contributed by atoms with Crippen molar-refractivity contribution >= 4 is 12.9 Å². The SMILES string of the molecule is O=C[O-].O=C[O-].[Lu+2]. The average molecular weight is 265 g/mol. The van der Waals surface area contributed by atoms with E-state index < -0.39 is 12.9 Å². The first kappa shape index (κ1) is 15.7. The van der Waals surface area contributed by atoms with E-state index in [-0.39, 0.29) is 36.9 Å². The molecule has 4 nitrogen and oxygen atoms in total. The summed E-state index contributed by atoms with van der Waals surface area (Å²) in [6, 6.07) is 0. The molecule has 0 aliphatic heterocycles. The number of carbonyl (C=O) groups is 2. The van der Waals surface area contributed by atoms with Gasteiger partial charge in [-0.15, -0.1) is 0 Å². The number of hydrogen-bond donors (Lipinski definition) is 0. The molecule has 0 rings (SSSR count). The van der Waals surface area contributed by atoms with E-state index >= 15 is 0 Å². The van der Waals surface area contributed by atoms with Crippen molar-refractivity contribution in [2.75, 3.05) is 0 Å². The molecule has 49 valence electrons. The van der Waals surface area contributed by atoms with E-state index in [9.17, 15) is 0 Å². The van der Waals surface area contributed by atoms with Gasteiger partial charge in [0.15, 0.2) is 0 Å². The molecule has 0 aromatic heterocycles. The Morgan fingerprint density at radius 3 is 1.00 bits per heavy atom. The molecule has 0 fully saturated rings. The first-order valence-electron chi connectivity index (χ1n) is 0.943. The maximum absolute atomic E-state index is 8.25. The molecule has 7 heavy (non-hydrogen) atoms. The minimum absolute atomic E-state index is 0. The summed E-state index contributed by atoms with van der Waals surface area (Å²) in [4.78, 5) is 16.5. The van der Waals surface area contributed by atoms with E-state index in [1.165, 1.54) is 0 Å². The normalized spacial score (nSPS) is 3.43. The third kappa shape index (κ3) is 3560. The summed E-state index contributed by atoms with van der Waals surface area (Å²) in [6.07, 6.45) is 0. The second-order valence-electron chi connectivity index (χ2n) is 0.192. The van der Waals surface area contributed by atoms with Crippen LogP contribution in [-0.2, 0) is 9.59 Å². The Hall–Kier alpha value is 0.174. The van der Waals surface area contributed by atoms with Crippen LogP contribution >= 0.6 is 0 Å². The van der Waals surface area contributed by atoms with Gasteiger partial charge >= 0.3 is 36.9 Å². The molecule has 0 saturated heterocycles. The van der Waals surface area contributed by atoms with Gasteiger partial charge in [-0.3, -0.25) is 0 Å². The second-order valence-corrected chi connectivity index (χ2v) is 0.192. The van der Waals surface area contributed by atoms with Gasteiger partial charge in [-0.1, -0.05) is 0 Å². The summed E-state index contributed by atoms with van der Waals surface area (Å²) in [5.74, 6) is 0. The van der Waals surface area contributed by atoms with Crippen LogP contribution in [0.1, 0.15) is 0 Å². The van der Waals surface area contributed by atoms with Crippen LogP contribution in [0.25, 0.3) is 0 Å². The van der Waals surface area contributed by atoms with Crippen LogP contribution in [0.5, 0.6) is 0 Å². The smallest absolute Gasteiger partial charge is 0.554 e. The Bertz CT molecular complexity index is 30.7. The van der Waals surface area contributed by atoms with Crippen LogP contribution in [0, 0.1) is 36.9 Å². The Balaban J connectivity index is -0.0000000400. The minimum atomic E-state index is -0.500. The molecule has 0 atom stereocenters. The van der Waals surface area contributed by atoms with Gasteiger partial charge in [0.25, 0.3) is 0 Å². The molecule has 0 aromatic carbocycles. The molecule has 0 N–H and O–H groups in total. The quantitative estimate of drug-likeness (QED) is 0.430. The van der Waals surface area contributed by atoms with Crippen molar-refractivity contribution < 1.29 is 56.7 Å². The third-order valence-electron chi connectivity index (χ3n) is 0. The van der Waals surface area contributed by atoms with E-state index in [1.54, 1.807) is 0 Å². The fourth-order valence-corrected chi connectivity index (χ4v) is 0. The molecule has 0 amide bonds. The van der Waals surface area contributed by atoms with Crippen molar-refractivity contribution in [1.29, 1.82) is 0 Å². The maximum atomic E-state index is 8.25. The summed E-state index contributed by atoms with van der Waals surface area (Å²) in [7, 11) is 0. The van der Waals surface area contributed by atoms with Crippen molar-refractivity contribution in [2.24, 2.45) is 0 Å². The number of rotatable bonds is 0. The van der Waals surface area contributed by atoms with Crippen molar-refractivity contribution in [3.05, 3.63) is 0 Å². The van der Waals surface area contributed by atoms with Crippen LogP contribution < -0.4 is 10.2 Å². The molecule has 0 unspecified atom stereocenters. The largest absolute Gasteiger partial charge is 2.00 e. The summed E-state index contributed by atoms with van der Waals surface area (Å²) < 4.78 is 0. The van der Waals surface area contributed by atoms with Gasteiger partial charge in [-0.05, 0) is 0 Å². The van der Waals surface area contributed by atoms with E-state index in [0.717, 1.165) is 0 Å². The predicted molar refractivity (Wildman–Crippen MR) is 12.1 cm³/mol. The van der Waals surface area contributed by atoms with Crippen molar-refractivity contribution in [2.45, 2.75) is 0 Å². The van der Waals surface area contributed by atoms with Crippen molar-refractivity contribution in [1.82, 2.24) is 0 Å². The second kappa shape index (κ2) is 35.0. The van der Waals surface area contributed by atoms with Gasteiger partial charge in [0.05, 0.1) is 0 Å². The first-order chi connectivity index (χ1) is 2.83. The predicted octanol–water partition coefficient (Wildman–Crippen LogP) is -3.27. The van der Waals surface area contributed by atoms with Crippen LogP contribution in [0.3, 0.4) is 0 Å². The average Bonchev–Trinajstić information content (AvgIpc) is 1.39. The van der Waals surface area contributed by atoms with E-state index in [1.807, 2.05) is 0 Å². The molecular formula is C2H2LuO4. The monoisotopic (exact) mass is 265 g/mol. The molecule has 0 aliphatic carbocycles. The van der Waals surface area contributed by atoms with Crippen molar-refractivity contribution in [3.63, 3.8) is 0 Å². The summed E-state index contributed by atoms with van der Waals surface area (Å²) in [6.45, 7) is -1.00. The first-order valence-corrected chi connectivity index (χ1v) is 0.943. The number of hydrogen-bond acceptors (Lipinski definition) is 4. The van der Waals surface area contributed by atoms with Crippen LogP contribution in [0.4, 0.5) is 0 Å². The summed E-state index contributed by atoms with van der Waals surface area (Å²) in [5.41, 5.74) is 0. The standard InChI is InChI=1S/2CH2O2.Lu/c2*2-1-3;/h2*1H,(H,2,3);/q;;+2/p-2. The Morgan fingerprint density at radius 2 is 1.00 bits per heavy atom. The molecule has 0 aromatic rings. The van der Waals surface area contributed by atoms with Gasteiger partial charge in [-0.2, -0.15) is 0 Å². The Labute approximate surface area is 69.3 Å². The molecule has 5 heteroatoms. The van der Waals surface area contributed by atoms with E-state index in [4.69, 9.17) is 19.8 Å².